The summed E-state index contributed by atoms with van der Waals surface area (Å²) < 4.78 is 5.22. The third-order valence-electron chi connectivity index (χ3n) is 3.68. The first kappa shape index (κ1) is 13.1. The minimum atomic E-state index is 0.564. The molecule has 4 nitrogen and oxygen atoms in total. The Morgan fingerprint density at radius 3 is 2.89 bits per heavy atom. The SMILES string of the molecule is CNc1cncc(N(CCOC)C(C)C2CC2)c1. The van der Waals surface area contributed by atoms with Gasteiger partial charge in [-0.1, -0.05) is 0 Å². The number of ether oxygens (including phenoxy) is 1. The minimum absolute atomic E-state index is 0.564. The molecule has 1 saturated carbocycles. The van der Waals surface area contributed by atoms with Crippen molar-refractivity contribution in [3.63, 3.8) is 0 Å². The molecule has 0 radical (unpaired) electrons. The lowest BCUT2D eigenvalue weighted by molar-refractivity contribution is 0.202. The highest BCUT2D eigenvalue weighted by Crippen LogP contribution is 2.37. The van der Waals surface area contributed by atoms with Gasteiger partial charge in [0, 0.05) is 26.7 Å². The van der Waals surface area contributed by atoms with Crippen LogP contribution < -0.4 is 10.2 Å². The molecular weight excluding hydrogens is 226 g/mol. The number of nitrogens with one attached hydrogen (secondary N) is 1. The second-order valence-corrected chi connectivity index (χ2v) is 4.95. The van der Waals surface area contributed by atoms with Gasteiger partial charge in [-0.3, -0.25) is 4.98 Å². The second-order valence-electron chi connectivity index (χ2n) is 4.95. The van der Waals surface area contributed by atoms with E-state index in [0.29, 0.717) is 6.04 Å². The van der Waals surface area contributed by atoms with E-state index in [9.17, 15) is 0 Å². The standard InChI is InChI=1S/C14H23N3O/c1-11(12-4-5-12)17(6-7-18-3)14-8-13(15-2)9-16-10-14/h8-12,15H,4-7H2,1-3H3. The highest BCUT2D eigenvalue weighted by molar-refractivity contribution is 5.56. The maximum atomic E-state index is 5.22. The minimum Gasteiger partial charge on any atom is -0.387 e. The Bertz CT molecular complexity index is 379. The first-order chi connectivity index (χ1) is 8.76. The lowest BCUT2D eigenvalue weighted by Gasteiger charge is -2.31. The Morgan fingerprint density at radius 2 is 2.28 bits per heavy atom. The highest BCUT2D eigenvalue weighted by atomic mass is 16.5. The van der Waals surface area contributed by atoms with Crippen LogP contribution in [0, 0.1) is 5.92 Å². The van der Waals surface area contributed by atoms with Crippen molar-refractivity contribution < 1.29 is 4.74 Å². The molecule has 0 spiro atoms. The van der Waals surface area contributed by atoms with Gasteiger partial charge in [-0.25, -0.2) is 0 Å². The molecule has 0 aliphatic heterocycles. The first-order valence-electron chi connectivity index (χ1n) is 6.64. The lowest BCUT2D eigenvalue weighted by atomic mass is 10.1. The van der Waals surface area contributed by atoms with Crippen LogP contribution >= 0.6 is 0 Å². The van der Waals surface area contributed by atoms with Crippen LogP contribution in [0.1, 0.15) is 19.8 Å². The maximum absolute atomic E-state index is 5.22. The quantitative estimate of drug-likeness (QED) is 0.805. The summed E-state index contributed by atoms with van der Waals surface area (Å²) in [6.07, 6.45) is 6.49. The molecule has 1 aliphatic rings. The molecule has 1 aliphatic carbocycles. The van der Waals surface area contributed by atoms with E-state index in [4.69, 9.17) is 4.74 Å². The third kappa shape index (κ3) is 3.13. The van der Waals surface area contributed by atoms with Crippen LogP contribution in [0.15, 0.2) is 18.5 Å². The highest BCUT2D eigenvalue weighted by Gasteiger charge is 2.32. The molecule has 18 heavy (non-hydrogen) atoms. The van der Waals surface area contributed by atoms with Crippen molar-refractivity contribution in [3.05, 3.63) is 18.5 Å². The lowest BCUT2D eigenvalue weighted by Crippen LogP contribution is -2.37. The molecule has 100 valence electrons. The van der Waals surface area contributed by atoms with E-state index in [2.05, 4.69) is 28.2 Å². The van der Waals surface area contributed by atoms with E-state index >= 15 is 0 Å². The van der Waals surface area contributed by atoms with Crippen molar-refractivity contribution in [2.75, 3.05) is 37.5 Å². The van der Waals surface area contributed by atoms with Crippen LogP contribution in [0.2, 0.25) is 0 Å². The largest absolute Gasteiger partial charge is 0.387 e. The molecule has 0 bridgehead atoms. The second kappa shape index (κ2) is 6.05. The van der Waals surface area contributed by atoms with Crippen LogP contribution in [0.5, 0.6) is 0 Å². The van der Waals surface area contributed by atoms with E-state index in [1.54, 1.807) is 7.11 Å². The number of nitrogens with zero attached hydrogens (tertiary/aromatic N) is 2. The average Bonchev–Trinajstić information content (AvgIpc) is 3.23. The smallest absolute Gasteiger partial charge is 0.0637 e. The first-order valence-corrected chi connectivity index (χ1v) is 6.64. The average molecular weight is 249 g/mol. The van der Waals surface area contributed by atoms with Gasteiger partial charge in [0.25, 0.3) is 0 Å². The van der Waals surface area contributed by atoms with E-state index in [0.717, 1.165) is 24.8 Å². The molecule has 1 N–H and O–H groups in total. The van der Waals surface area contributed by atoms with E-state index in [-0.39, 0.29) is 0 Å². The van der Waals surface area contributed by atoms with Crippen LogP contribution in [0.25, 0.3) is 0 Å². The summed E-state index contributed by atoms with van der Waals surface area (Å²) in [5.74, 6) is 0.833. The molecule has 0 amide bonds. The van der Waals surface area contributed by atoms with Crippen molar-refractivity contribution in [1.82, 2.24) is 4.98 Å². The summed E-state index contributed by atoms with van der Waals surface area (Å²) in [6.45, 7) is 3.98. The number of hydrogen-bond donors (Lipinski definition) is 1. The number of hydrogen-bond acceptors (Lipinski definition) is 4. The van der Waals surface area contributed by atoms with E-state index < -0.39 is 0 Å². The molecule has 2 rings (SSSR count). The van der Waals surface area contributed by atoms with Gasteiger partial charge in [0.1, 0.15) is 0 Å². The molecule has 0 aromatic carbocycles. The molecule has 1 aromatic heterocycles. The maximum Gasteiger partial charge on any atom is 0.0637 e. The van der Waals surface area contributed by atoms with Gasteiger partial charge in [-0.2, -0.15) is 0 Å². The Morgan fingerprint density at radius 1 is 1.50 bits per heavy atom. The summed E-state index contributed by atoms with van der Waals surface area (Å²) in [6, 6.07) is 2.72. The van der Waals surface area contributed by atoms with Gasteiger partial charge in [0.15, 0.2) is 0 Å². The molecule has 1 aromatic rings. The van der Waals surface area contributed by atoms with Gasteiger partial charge >= 0.3 is 0 Å². The summed E-state index contributed by atoms with van der Waals surface area (Å²) in [5.41, 5.74) is 2.23. The number of methoxy groups -OCH3 is 1. The van der Waals surface area contributed by atoms with E-state index in [1.807, 2.05) is 19.4 Å². The predicted octanol–water partition coefficient (Wildman–Crippen LogP) is 2.37. The van der Waals surface area contributed by atoms with Gasteiger partial charge in [0.2, 0.25) is 0 Å². The Labute approximate surface area is 109 Å². The van der Waals surface area contributed by atoms with Gasteiger partial charge in [0.05, 0.1) is 30.4 Å². The topological polar surface area (TPSA) is 37.4 Å². The fourth-order valence-electron chi connectivity index (χ4n) is 2.31. The normalized spacial score (nSPS) is 16.4. The molecule has 1 unspecified atom stereocenters. The van der Waals surface area contributed by atoms with Crippen molar-refractivity contribution >= 4 is 11.4 Å². The fourth-order valence-corrected chi connectivity index (χ4v) is 2.31. The van der Waals surface area contributed by atoms with Gasteiger partial charge < -0.3 is 15.0 Å². The van der Waals surface area contributed by atoms with Crippen LogP contribution in [0.4, 0.5) is 11.4 Å². The molecular formula is C14H23N3O. The number of pyridine rings is 1. The summed E-state index contributed by atoms with van der Waals surface area (Å²) in [5, 5.41) is 3.14. The third-order valence-corrected chi connectivity index (χ3v) is 3.68. The van der Waals surface area contributed by atoms with Crippen molar-refractivity contribution in [3.8, 4) is 0 Å². The molecule has 1 fully saturated rings. The van der Waals surface area contributed by atoms with Crippen molar-refractivity contribution in [2.24, 2.45) is 5.92 Å². The van der Waals surface area contributed by atoms with Crippen LogP contribution in [-0.2, 0) is 4.74 Å². The molecule has 1 atom stereocenters. The molecule has 1 heterocycles. The number of anilines is 2. The Balaban J connectivity index is 2.14. The number of aromatic nitrogens is 1. The van der Waals surface area contributed by atoms with Gasteiger partial charge in [-0.15, -0.1) is 0 Å². The monoisotopic (exact) mass is 249 g/mol. The zero-order valence-corrected chi connectivity index (χ0v) is 11.5. The summed E-state index contributed by atoms with van der Waals surface area (Å²) in [7, 11) is 3.67. The Kier molecular flexibility index (Phi) is 4.42. The number of rotatable bonds is 7. The van der Waals surface area contributed by atoms with Crippen molar-refractivity contribution in [1.29, 1.82) is 0 Å². The van der Waals surface area contributed by atoms with E-state index in [1.165, 1.54) is 18.5 Å². The molecule has 4 heteroatoms. The van der Waals surface area contributed by atoms with Crippen LogP contribution in [0.3, 0.4) is 0 Å². The zero-order valence-electron chi connectivity index (χ0n) is 11.5. The molecule has 0 saturated heterocycles. The zero-order chi connectivity index (χ0) is 13.0. The summed E-state index contributed by atoms with van der Waals surface area (Å²) >= 11 is 0. The van der Waals surface area contributed by atoms with Crippen molar-refractivity contribution in [2.45, 2.75) is 25.8 Å². The van der Waals surface area contributed by atoms with Crippen LogP contribution in [-0.4, -0.2) is 38.3 Å². The Hall–Kier alpha value is -1.29. The summed E-state index contributed by atoms with van der Waals surface area (Å²) in [4.78, 5) is 6.71. The predicted molar refractivity (Wildman–Crippen MR) is 75.2 cm³/mol. The van der Waals surface area contributed by atoms with Gasteiger partial charge in [-0.05, 0) is 31.7 Å². The fraction of sp³-hybridized carbons (Fsp3) is 0.643.